The van der Waals surface area contributed by atoms with Gasteiger partial charge in [0.15, 0.2) is 0 Å². The van der Waals surface area contributed by atoms with Crippen molar-refractivity contribution < 1.29 is 5.11 Å². The fraction of sp³-hybridized carbons (Fsp3) is 0.222. The van der Waals surface area contributed by atoms with Crippen LogP contribution in [0.2, 0.25) is 0 Å². The van der Waals surface area contributed by atoms with Gasteiger partial charge in [0.25, 0.3) is 0 Å². The summed E-state index contributed by atoms with van der Waals surface area (Å²) in [5.41, 5.74) is 5.06. The van der Waals surface area contributed by atoms with E-state index < -0.39 is 0 Å². The molecule has 4 nitrogen and oxygen atoms in total. The van der Waals surface area contributed by atoms with E-state index in [1.807, 2.05) is 35.0 Å². The number of nitrogens with zero attached hydrogens (tertiary/aromatic N) is 3. The monoisotopic (exact) mass is 293 g/mol. The topological polar surface area (TPSA) is 50.9 Å². The molecule has 0 aliphatic rings. The van der Waals surface area contributed by atoms with Crippen molar-refractivity contribution in [1.82, 2.24) is 15.0 Å². The third-order valence-corrected chi connectivity index (χ3v) is 3.77. The average molecular weight is 293 g/mol. The molecule has 3 rings (SSSR count). The van der Waals surface area contributed by atoms with Gasteiger partial charge in [-0.25, -0.2) is 4.68 Å². The van der Waals surface area contributed by atoms with Crippen LogP contribution in [-0.2, 0) is 19.4 Å². The molecule has 22 heavy (non-hydrogen) atoms. The Morgan fingerprint density at radius 1 is 0.955 bits per heavy atom. The minimum absolute atomic E-state index is 0.0873. The summed E-state index contributed by atoms with van der Waals surface area (Å²) >= 11 is 0. The van der Waals surface area contributed by atoms with Gasteiger partial charge >= 0.3 is 0 Å². The summed E-state index contributed by atoms with van der Waals surface area (Å²) in [5.74, 6) is 0. The molecule has 4 heteroatoms. The van der Waals surface area contributed by atoms with Crippen LogP contribution in [0.4, 0.5) is 0 Å². The van der Waals surface area contributed by atoms with E-state index in [4.69, 9.17) is 0 Å². The molecule has 3 aromatic rings. The molecule has 0 radical (unpaired) electrons. The fourth-order valence-corrected chi connectivity index (χ4v) is 2.51. The zero-order valence-corrected chi connectivity index (χ0v) is 12.6. The Morgan fingerprint density at radius 2 is 1.68 bits per heavy atom. The normalized spacial score (nSPS) is 10.8. The van der Waals surface area contributed by atoms with Gasteiger partial charge in [-0.15, -0.1) is 5.10 Å². The van der Waals surface area contributed by atoms with Gasteiger partial charge in [0, 0.05) is 0 Å². The van der Waals surface area contributed by atoms with E-state index in [1.165, 1.54) is 11.1 Å². The van der Waals surface area contributed by atoms with E-state index in [0.717, 1.165) is 24.2 Å². The van der Waals surface area contributed by atoms with Gasteiger partial charge in [-0.2, -0.15) is 0 Å². The number of aromatic nitrogens is 3. The Labute approximate surface area is 130 Å². The van der Waals surface area contributed by atoms with Crippen molar-refractivity contribution in [3.63, 3.8) is 0 Å². The van der Waals surface area contributed by atoms with Crippen LogP contribution in [0, 0.1) is 6.92 Å². The van der Waals surface area contributed by atoms with E-state index in [9.17, 15) is 5.11 Å². The highest BCUT2D eigenvalue weighted by molar-refractivity contribution is 5.36. The third kappa shape index (κ3) is 3.07. The second-order valence-electron chi connectivity index (χ2n) is 5.37. The molecule has 0 saturated heterocycles. The fourth-order valence-electron chi connectivity index (χ4n) is 2.51. The summed E-state index contributed by atoms with van der Waals surface area (Å²) in [5, 5.41) is 17.8. The van der Waals surface area contributed by atoms with Gasteiger partial charge in [-0.1, -0.05) is 53.2 Å². The number of benzene rings is 2. The Kier molecular flexibility index (Phi) is 4.30. The molecule has 1 aromatic heterocycles. The van der Waals surface area contributed by atoms with Gasteiger partial charge < -0.3 is 5.11 Å². The Hall–Kier alpha value is -2.46. The first kappa shape index (κ1) is 14.5. The quantitative estimate of drug-likeness (QED) is 0.787. The molecule has 0 amide bonds. The predicted molar refractivity (Wildman–Crippen MR) is 85.9 cm³/mol. The number of rotatable bonds is 5. The highest BCUT2D eigenvalue weighted by Crippen LogP contribution is 2.16. The van der Waals surface area contributed by atoms with Crippen molar-refractivity contribution in [2.24, 2.45) is 0 Å². The molecular formula is C18H19N3O. The maximum absolute atomic E-state index is 9.50. The number of hydrogen-bond acceptors (Lipinski definition) is 3. The number of hydrogen-bond donors (Lipinski definition) is 1. The first-order valence-corrected chi connectivity index (χ1v) is 7.43. The number of aliphatic hydroxyl groups is 1. The van der Waals surface area contributed by atoms with Crippen molar-refractivity contribution in [2.75, 3.05) is 0 Å². The minimum atomic E-state index is -0.0873. The first-order valence-electron chi connectivity index (χ1n) is 7.43. The van der Waals surface area contributed by atoms with Crippen LogP contribution in [-0.4, -0.2) is 20.1 Å². The van der Waals surface area contributed by atoms with Crippen molar-refractivity contribution in [3.05, 3.63) is 77.1 Å². The van der Waals surface area contributed by atoms with E-state index in [-0.39, 0.29) is 6.61 Å². The van der Waals surface area contributed by atoms with Gasteiger partial charge in [0.1, 0.15) is 5.69 Å². The van der Waals surface area contributed by atoms with Crippen LogP contribution < -0.4 is 0 Å². The van der Waals surface area contributed by atoms with Crippen molar-refractivity contribution in [2.45, 2.75) is 26.4 Å². The van der Waals surface area contributed by atoms with Crippen molar-refractivity contribution >= 4 is 0 Å². The molecule has 0 saturated carbocycles. The summed E-state index contributed by atoms with van der Waals surface area (Å²) in [6.07, 6.45) is 1.69. The Balaban J connectivity index is 1.88. The van der Waals surface area contributed by atoms with Crippen LogP contribution in [0.1, 0.15) is 22.5 Å². The zero-order valence-electron chi connectivity index (χ0n) is 12.6. The summed E-state index contributed by atoms with van der Waals surface area (Å²) in [6, 6.07) is 18.5. The molecule has 0 bridgehead atoms. The van der Waals surface area contributed by atoms with Crippen LogP contribution in [0.15, 0.2) is 54.6 Å². The Morgan fingerprint density at radius 3 is 2.36 bits per heavy atom. The zero-order chi connectivity index (χ0) is 15.4. The first-order chi connectivity index (χ1) is 10.8. The molecule has 1 N–H and O–H groups in total. The number of aryl methyl sites for hydroxylation is 2. The summed E-state index contributed by atoms with van der Waals surface area (Å²) in [6.45, 7) is 1.97. The van der Waals surface area contributed by atoms with Gasteiger partial charge in [0.2, 0.25) is 0 Å². The lowest BCUT2D eigenvalue weighted by Gasteiger charge is -2.08. The molecular weight excluding hydrogens is 274 g/mol. The molecule has 2 aromatic carbocycles. The predicted octanol–water partition coefficient (Wildman–Crippen LogP) is 2.85. The van der Waals surface area contributed by atoms with Gasteiger partial charge in [-0.3, -0.25) is 0 Å². The molecule has 0 atom stereocenters. The highest BCUT2D eigenvalue weighted by Gasteiger charge is 2.13. The third-order valence-electron chi connectivity index (χ3n) is 3.77. The summed E-state index contributed by atoms with van der Waals surface area (Å²) < 4.78 is 1.83. The smallest absolute Gasteiger partial charge is 0.112 e. The second kappa shape index (κ2) is 6.54. The van der Waals surface area contributed by atoms with Gasteiger partial charge in [0.05, 0.1) is 18.0 Å². The molecule has 0 aliphatic carbocycles. The highest BCUT2D eigenvalue weighted by atomic mass is 16.3. The lowest BCUT2D eigenvalue weighted by molar-refractivity contribution is 0.275. The van der Waals surface area contributed by atoms with E-state index >= 15 is 0 Å². The second-order valence-corrected chi connectivity index (χ2v) is 5.37. The van der Waals surface area contributed by atoms with Crippen molar-refractivity contribution in [3.8, 4) is 5.69 Å². The minimum Gasteiger partial charge on any atom is -0.390 e. The van der Waals surface area contributed by atoms with Crippen molar-refractivity contribution in [1.29, 1.82) is 0 Å². The molecule has 0 fully saturated rings. The van der Waals surface area contributed by atoms with E-state index in [0.29, 0.717) is 5.69 Å². The van der Waals surface area contributed by atoms with Crippen LogP contribution in [0.5, 0.6) is 0 Å². The summed E-state index contributed by atoms with van der Waals surface area (Å²) in [7, 11) is 0. The SMILES string of the molecule is Cc1ccc(-n2nnc(CO)c2CCc2ccccc2)cc1. The maximum atomic E-state index is 9.50. The van der Waals surface area contributed by atoms with Crippen LogP contribution in [0.3, 0.4) is 0 Å². The lowest BCUT2D eigenvalue weighted by atomic mass is 10.1. The number of aliphatic hydroxyl groups excluding tert-OH is 1. The largest absolute Gasteiger partial charge is 0.390 e. The average Bonchev–Trinajstić information content (AvgIpc) is 2.97. The lowest BCUT2D eigenvalue weighted by Crippen LogP contribution is -2.05. The van der Waals surface area contributed by atoms with Gasteiger partial charge in [-0.05, 0) is 37.5 Å². The molecule has 0 aliphatic heterocycles. The van der Waals surface area contributed by atoms with Crippen LogP contribution in [0.25, 0.3) is 5.69 Å². The van der Waals surface area contributed by atoms with E-state index in [2.05, 4.69) is 41.5 Å². The molecule has 0 unspecified atom stereocenters. The summed E-state index contributed by atoms with van der Waals surface area (Å²) in [4.78, 5) is 0. The Bertz CT molecular complexity index is 733. The molecule has 0 spiro atoms. The van der Waals surface area contributed by atoms with E-state index in [1.54, 1.807) is 0 Å². The van der Waals surface area contributed by atoms with Crippen LogP contribution >= 0.6 is 0 Å². The maximum Gasteiger partial charge on any atom is 0.112 e. The molecule has 112 valence electrons. The molecule has 1 heterocycles. The standard InChI is InChI=1S/C18H19N3O/c1-14-7-10-16(11-8-14)21-18(17(13-22)19-20-21)12-9-15-5-3-2-4-6-15/h2-8,10-11,22H,9,12-13H2,1H3.